The number of ether oxygens (including phenoxy) is 1. The van der Waals surface area contributed by atoms with E-state index in [0.717, 1.165) is 38.1 Å². The lowest BCUT2D eigenvalue weighted by Gasteiger charge is -2.17. The Kier molecular flexibility index (Phi) is 4.86. The van der Waals surface area contributed by atoms with Crippen LogP contribution in [0.4, 0.5) is 0 Å². The van der Waals surface area contributed by atoms with Gasteiger partial charge in [0.05, 0.1) is 33.2 Å². The van der Waals surface area contributed by atoms with Gasteiger partial charge in [0.2, 0.25) is 5.88 Å². The largest absolute Gasteiger partial charge is 0.477 e. The van der Waals surface area contributed by atoms with E-state index in [1.54, 1.807) is 11.3 Å². The van der Waals surface area contributed by atoms with E-state index < -0.39 is 8.07 Å². The highest BCUT2D eigenvalue weighted by molar-refractivity contribution is 9.10. The molecule has 140 valence electrons. The van der Waals surface area contributed by atoms with Crippen LogP contribution in [-0.4, -0.2) is 29.4 Å². The van der Waals surface area contributed by atoms with E-state index in [4.69, 9.17) is 9.72 Å². The van der Waals surface area contributed by atoms with Gasteiger partial charge >= 0.3 is 0 Å². The van der Waals surface area contributed by atoms with Crippen LogP contribution >= 0.6 is 27.3 Å². The highest BCUT2D eigenvalue weighted by Gasteiger charge is 2.18. The number of pyridine rings is 1. The molecule has 0 amide bonds. The first-order valence-electron chi connectivity index (χ1n) is 8.95. The second-order valence-electron chi connectivity index (χ2n) is 7.94. The summed E-state index contributed by atoms with van der Waals surface area (Å²) in [5.41, 5.74) is 3.16. The number of benzene rings is 1. The maximum Gasteiger partial charge on any atom is 0.230 e. The third-order valence-electron chi connectivity index (χ3n) is 4.63. The highest BCUT2D eigenvalue weighted by Crippen LogP contribution is 2.40. The number of thiophene rings is 1. The number of aryl methyl sites for hydroxylation is 1. The number of hydrogen-bond donors (Lipinski definition) is 0. The minimum absolute atomic E-state index is 0.685. The Balaban J connectivity index is 1.79. The number of aromatic nitrogens is 3. The number of halogens is 1. The zero-order valence-corrected chi connectivity index (χ0v) is 19.3. The maximum atomic E-state index is 6.11. The summed E-state index contributed by atoms with van der Waals surface area (Å²) in [6.07, 6.45) is 1.90. The minimum atomic E-state index is -1.15. The van der Waals surface area contributed by atoms with Gasteiger partial charge in [-0.05, 0) is 45.6 Å². The van der Waals surface area contributed by atoms with E-state index in [-0.39, 0.29) is 0 Å². The van der Waals surface area contributed by atoms with E-state index in [1.807, 2.05) is 17.9 Å². The van der Waals surface area contributed by atoms with Crippen LogP contribution in [0.5, 0.6) is 5.88 Å². The monoisotopic (exact) mass is 459 g/mol. The van der Waals surface area contributed by atoms with E-state index in [2.05, 4.69) is 70.3 Å². The van der Waals surface area contributed by atoms with Gasteiger partial charge in [0.15, 0.2) is 0 Å². The van der Waals surface area contributed by atoms with Gasteiger partial charge in [-0.25, -0.2) is 4.98 Å². The molecule has 3 aromatic heterocycles. The topological polar surface area (TPSA) is 39.9 Å². The number of hydrogen-bond acceptors (Lipinski definition) is 4. The summed E-state index contributed by atoms with van der Waals surface area (Å²) in [4.78, 5) is 4.90. The first kappa shape index (κ1) is 18.7. The van der Waals surface area contributed by atoms with Gasteiger partial charge in [0, 0.05) is 31.5 Å². The summed E-state index contributed by atoms with van der Waals surface area (Å²) >= 11 is 5.42. The zero-order chi connectivity index (χ0) is 19.2. The van der Waals surface area contributed by atoms with E-state index in [9.17, 15) is 0 Å². The van der Waals surface area contributed by atoms with Crippen molar-refractivity contribution in [3.05, 3.63) is 40.3 Å². The molecule has 7 heteroatoms. The lowest BCUT2D eigenvalue weighted by molar-refractivity contribution is 0.324. The van der Waals surface area contributed by atoms with Gasteiger partial charge in [-0.3, -0.25) is 4.68 Å². The number of nitrogens with zero attached hydrogens (tertiary/aromatic N) is 3. The van der Waals surface area contributed by atoms with Crippen molar-refractivity contribution in [2.75, 3.05) is 6.61 Å². The van der Waals surface area contributed by atoms with Crippen molar-refractivity contribution in [2.45, 2.75) is 25.7 Å². The van der Waals surface area contributed by atoms with E-state index in [1.165, 1.54) is 4.70 Å². The van der Waals surface area contributed by atoms with Crippen LogP contribution in [0.25, 0.3) is 32.2 Å². The molecular formula is C20H22BrN3OSSi. The Labute approximate surface area is 172 Å². The Bertz CT molecular complexity index is 1130. The normalized spacial score (nSPS) is 12.2. The van der Waals surface area contributed by atoms with Gasteiger partial charge in [-0.1, -0.05) is 25.7 Å². The van der Waals surface area contributed by atoms with Crippen molar-refractivity contribution in [3.8, 4) is 17.1 Å². The van der Waals surface area contributed by atoms with Crippen LogP contribution < -0.4 is 4.74 Å². The molecule has 0 N–H and O–H groups in total. The Morgan fingerprint density at radius 3 is 2.81 bits per heavy atom. The Morgan fingerprint density at radius 2 is 2.04 bits per heavy atom. The molecule has 0 radical (unpaired) electrons. The summed E-state index contributed by atoms with van der Waals surface area (Å²) in [6, 6.07) is 9.61. The van der Waals surface area contributed by atoms with Gasteiger partial charge in [0.1, 0.15) is 0 Å². The van der Waals surface area contributed by atoms with Crippen molar-refractivity contribution >= 4 is 56.3 Å². The Hall–Kier alpha value is -1.70. The lowest BCUT2D eigenvalue weighted by Crippen LogP contribution is -2.22. The first-order chi connectivity index (χ1) is 12.8. The molecule has 0 saturated carbocycles. The van der Waals surface area contributed by atoms with Crippen molar-refractivity contribution in [3.63, 3.8) is 0 Å². The van der Waals surface area contributed by atoms with Gasteiger partial charge < -0.3 is 4.74 Å². The molecule has 0 aliphatic heterocycles. The van der Waals surface area contributed by atoms with Crippen molar-refractivity contribution in [2.24, 2.45) is 7.05 Å². The summed E-state index contributed by atoms with van der Waals surface area (Å²) < 4.78 is 10.1. The molecule has 0 spiro atoms. The molecule has 3 heterocycles. The second kappa shape index (κ2) is 7.03. The molecule has 0 aliphatic carbocycles. The molecule has 4 aromatic rings. The molecule has 4 nitrogen and oxygen atoms in total. The molecule has 0 bridgehead atoms. The fraction of sp³-hybridized carbons (Fsp3) is 0.300. The fourth-order valence-electron chi connectivity index (χ4n) is 3.05. The summed E-state index contributed by atoms with van der Waals surface area (Å²) in [7, 11) is 0.810. The molecule has 4 rings (SSSR count). The number of rotatable bonds is 5. The van der Waals surface area contributed by atoms with Crippen molar-refractivity contribution in [1.29, 1.82) is 0 Å². The van der Waals surface area contributed by atoms with Gasteiger partial charge in [-0.15, -0.1) is 11.3 Å². The van der Waals surface area contributed by atoms with Crippen molar-refractivity contribution in [1.82, 2.24) is 14.8 Å². The standard InChI is InChI=1S/C20H22BrN3OSSi/c1-24-16-6-5-13(11-14(16)12-22-24)18-15-7-9-26-19(15)17(21)20(23-18)25-8-10-27(2,3)4/h5-7,9,11-12H,8,10H2,1-4H3. The minimum Gasteiger partial charge on any atom is -0.477 e. The van der Waals surface area contributed by atoms with Gasteiger partial charge in [0.25, 0.3) is 0 Å². The molecule has 0 atom stereocenters. The zero-order valence-electron chi connectivity index (χ0n) is 15.9. The quantitative estimate of drug-likeness (QED) is 0.327. The molecule has 27 heavy (non-hydrogen) atoms. The van der Waals surface area contributed by atoms with Crippen LogP contribution in [0.1, 0.15) is 0 Å². The average Bonchev–Trinajstić information content (AvgIpc) is 3.23. The third-order valence-corrected chi connectivity index (χ3v) is 8.27. The lowest BCUT2D eigenvalue weighted by atomic mass is 10.1. The summed E-state index contributed by atoms with van der Waals surface area (Å²) in [5.74, 6) is 0.685. The van der Waals surface area contributed by atoms with Crippen molar-refractivity contribution < 1.29 is 4.74 Å². The summed E-state index contributed by atoms with van der Waals surface area (Å²) in [5, 5.41) is 8.72. The van der Waals surface area contributed by atoms with E-state index in [0.29, 0.717) is 12.5 Å². The van der Waals surface area contributed by atoms with Crippen LogP contribution in [-0.2, 0) is 7.05 Å². The molecule has 0 fully saturated rings. The number of fused-ring (bicyclic) bond motifs is 2. The van der Waals surface area contributed by atoms with Crippen LogP contribution in [0, 0.1) is 0 Å². The molecule has 0 aliphatic rings. The van der Waals surface area contributed by atoms with Crippen LogP contribution in [0.15, 0.2) is 40.3 Å². The molecule has 1 aromatic carbocycles. The molecule has 0 saturated heterocycles. The third kappa shape index (κ3) is 3.68. The fourth-order valence-corrected chi connectivity index (χ4v) is 5.29. The van der Waals surface area contributed by atoms with E-state index >= 15 is 0 Å². The Morgan fingerprint density at radius 1 is 1.22 bits per heavy atom. The molecular weight excluding hydrogens is 438 g/mol. The predicted molar refractivity (Wildman–Crippen MR) is 121 cm³/mol. The average molecular weight is 460 g/mol. The highest BCUT2D eigenvalue weighted by atomic mass is 79.9. The SMILES string of the molecule is Cn1ncc2cc(-c3nc(OCC[Si](C)(C)C)c(Br)c4sccc34)ccc21. The molecule has 0 unspecified atom stereocenters. The maximum absolute atomic E-state index is 6.11. The van der Waals surface area contributed by atoms with Crippen LogP contribution in [0.2, 0.25) is 25.7 Å². The summed E-state index contributed by atoms with van der Waals surface area (Å²) in [6.45, 7) is 7.78. The van der Waals surface area contributed by atoms with Gasteiger partial charge in [-0.2, -0.15) is 5.10 Å². The smallest absolute Gasteiger partial charge is 0.230 e. The first-order valence-corrected chi connectivity index (χ1v) is 14.3. The predicted octanol–water partition coefficient (Wildman–Crippen LogP) is 6.33. The second-order valence-corrected chi connectivity index (χ2v) is 15.3. The van der Waals surface area contributed by atoms with Crippen LogP contribution in [0.3, 0.4) is 0 Å².